The van der Waals surface area contributed by atoms with E-state index in [-0.39, 0.29) is 24.4 Å². The van der Waals surface area contributed by atoms with Crippen molar-refractivity contribution in [2.45, 2.75) is 45.3 Å². The summed E-state index contributed by atoms with van der Waals surface area (Å²) in [7, 11) is 1.89. The lowest BCUT2D eigenvalue weighted by Crippen LogP contribution is -2.45. The Morgan fingerprint density at radius 1 is 1.35 bits per heavy atom. The minimum absolute atomic E-state index is 0.140. The highest BCUT2D eigenvalue weighted by Crippen LogP contribution is 2.27. The second-order valence-corrected chi connectivity index (χ2v) is 7.18. The minimum atomic E-state index is -1.78. The van der Waals surface area contributed by atoms with Crippen molar-refractivity contribution in [3.05, 3.63) is 23.3 Å². The first-order valence-corrected chi connectivity index (χ1v) is 8.84. The van der Waals surface area contributed by atoms with Gasteiger partial charge in [0.15, 0.2) is 11.7 Å². The fourth-order valence-corrected chi connectivity index (χ4v) is 2.92. The van der Waals surface area contributed by atoms with E-state index in [0.29, 0.717) is 25.1 Å². The second kappa shape index (κ2) is 8.14. The first kappa shape index (κ1) is 20.3. The largest absolute Gasteiger partial charge is 0.459 e. The molecule has 2 aliphatic rings. The van der Waals surface area contributed by atoms with E-state index >= 15 is 0 Å². The fraction of sp³-hybridized carbons (Fsp3) is 0.632. The van der Waals surface area contributed by atoms with Gasteiger partial charge in [0.2, 0.25) is 5.78 Å². The van der Waals surface area contributed by atoms with Gasteiger partial charge in [-0.25, -0.2) is 9.59 Å². The van der Waals surface area contributed by atoms with E-state index in [2.05, 4.69) is 0 Å². The summed E-state index contributed by atoms with van der Waals surface area (Å²) in [5.41, 5.74) is -1.19. The molecule has 7 heteroatoms. The number of carbonyl (C=O) groups is 3. The maximum atomic E-state index is 12.8. The van der Waals surface area contributed by atoms with E-state index in [9.17, 15) is 19.5 Å². The average molecular weight is 365 g/mol. The number of ether oxygens (including phenoxy) is 2. The van der Waals surface area contributed by atoms with Crippen molar-refractivity contribution < 1.29 is 29.0 Å². The minimum Gasteiger partial charge on any atom is -0.459 e. The van der Waals surface area contributed by atoms with E-state index in [0.717, 1.165) is 0 Å². The number of rotatable bonds is 0. The highest BCUT2D eigenvalue weighted by molar-refractivity contribution is 6.01. The summed E-state index contributed by atoms with van der Waals surface area (Å²) in [5, 5.41) is 10.6. The van der Waals surface area contributed by atoms with Crippen molar-refractivity contribution in [1.82, 2.24) is 4.90 Å². The number of nitrogens with zero attached hydrogens (tertiary/aromatic N) is 1. The number of hydrogen-bond acceptors (Lipinski definition) is 7. The third kappa shape index (κ3) is 4.40. The van der Waals surface area contributed by atoms with Crippen LogP contribution in [0.2, 0.25) is 0 Å². The normalized spacial score (nSPS) is 36.0. The first-order valence-electron chi connectivity index (χ1n) is 8.84. The number of carbonyl (C=O) groups excluding carboxylic acids is 3. The molecule has 1 fully saturated rings. The predicted octanol–water partition coefficient (Wildman–Crippen LogP) is 1.01. The molecule has 0 amide bonds. The third-order valence-corrected chi connectivity index (χ3v) is 5.15. The van der Waals surface area contributed by atoms with Crippen LogP contribution >= 0.6 is 0 Å². The third-order valence-electron chi connectivity index (χ3n) is 5.15. The zero-order valence-electron chi connectivity index (χ0n) is 15.8. The van der Waals surface area contributed by atoms with Crippen molar-refractivity contribution in [1.29, 1.82) is 0 Å². The number of hydrogen-bond donors (Lipinski definition) is 1. The maximum absolute atomic E-state index is 12.8. The maximum Gasteiger partial charge on any atom is 0.338 e. The molecule has 0 spiro atoms. The Labute approximate surface area is 153 Å². The standard InChI is InChI=1S/C19H27NO6/c1-5-13-10-12(2)19(3,24)18(23)25-11-14-6-8-20(4)9-7-15(16(14)21)26-17(13)22/h5-6,12,15,24H,7-11H2,1-4H3/b13-5-,14-6-/t12-,15-,19+/m1/s1. The Bertz CT molecular complexity index is 648. The van der Waals surface area contributed by atoms with E-state index in [1.165, 1.54) is 6.92 Å². The molecule has 0 aromatic carbocycles. The average Bonchev–Trinajstić information content (AvgIpc) is 2.59. The number of esters is 2. The van der Waals surface area contributed by atoms with Gasteiger partial charge >= 0.3 is 11.9 Å². The van der Waals surface area contributed by atoms with Crippen LogP contribution in [-0.2, 0) is 23.9 Å². The summed E-state index contributed by atoms with van der Waals surface area (Å²) in [6.45, 7) is 5.58. The molecular formula is C19H27NO6. The predicted molar refractivity (Wildman–Crippen MR) is 94.2 cm³/mol. The van der Waals surface area contributed by atoms with Crippen LogP contribution in [-0.4, -0.2) is 66.2 Å². The van der Waals surface area contributed by atoms with Gasteiger partial charge in [0.25, 0.3) is 0 Å². The zero-order chi connectivity index (χ0) is 19.5. The fourth-order valence-electron chi connectivity index (χ4n) is 2.92. The van der Waals surface area contributed by atoms with E-state index in [4.69, 9.17) is 9.47 Å². The van der Waals surface area contributed by atoms with Crippen molar-refractivity contribution >= 4 is 17.7 Å². The van der Waals surface area contributed by atoms with Gasteiger partial charge in [0, 0.05) is 30.7 Å². The van der Waals surface area contributed by atoms with E-state index < -0.39 is 29.6 Å². The van der Waals surface area contributed by atoms with Crippen molar-refractivity contribution in [2.24, 2.45) is 5.92 Å². The number of likely N-dealkylation sites (N-methyl/N-ethyl adjacent to an activating group) is 1. The van der Waals surface area contributed by atoms with Gasteiger partial charge in [-0.3, -0.25) is 4.79 Å². The van der Waals surface area contributed by atoms with Crippen LogP contribution in [0.25, 0.3) is 0 Å². The molecule has 2 bridgehead atoms. The summed E-state index contributed by atoms with van der Waals surface area (Å²) in [6.07, 6.45) is 2.86. The number of cyclic esters (lactones) is 1. The lowest BCUT2D eigenvalue weighted by Gasteiger charge is -2.31. The molecule has 2 rings (SSSR count). The highest BCUT2D eigenvalue weighted by atomic mass is 16.6. The van der Waals surface area contributed by atoms with Crippen LogP contribution in [0, 0.1) is 5.92 Å². The number of allylic oxidation sites excluding steroid dienone is 1. The van der Waals surface area contributed by atoms with Gasteiger partial charge < -0.3 is 19.5 Å². The molecule has 2 aliphatic heterocycles. The van der Waals surface area contributed by atoms with Crippen LogP contribution in [0.15, 0.2) is 23.3 Å². The van der Waals surface area contributed by atoms with Crippen LogP contribution < -0.4 is 0 Å². The zero-order valence-corrected chi connectivity index (χ0v) is 15.8. The molecular weight excluding hydrogens is 338 g/mol. The Kier molecular flexibility index (Phi) is 6.36. The van der Waals surface area contributed by atoms with Crippen LogP contribution in [0.3, 0.4) is 0 Å². The second-order valence-electron chi connectivity index (χ2n) is 7.18. The van der Waals surface area contributed by atoms with E-state index in [1.54, 1.807) is 26.0 Å². The highest BCUT2D eigenvalue weighted by Gasteiger charge is 2.40. The van der Waals surface area contributed by atoms with Crippen LogP contribution in [0.1, 0.15) is 33.6 Å². The molecule has 1 saturated heterocycles. The van der Waals surface area contributed by atoms with Gasteiger partial charge in [0.05, 0.1) is 0 Å². The van der Waals surface area contributed by atoms with Gasteiger partial charge in [-0.15, -0.1) is 0 Å². The molecule has 1 N–H and O–H groups in total. The first-order chi connectivity index (χ1) is 12.2. The van der Waals surface area contributed by atoms with Gasteiger partial charge in [0.1, 0.15) is 6.61 Å². The van der Waals surface area contributed by atoms with Gasteiger partial charge in [-0.2, -0.15) is 0 Å². The number of aliphatic hydroxyl groups is 1. The molecule has 26 heavy (non-hydrogen) atoms. The van der Waals surface area contributed by atoms with E-state index in [1.807, 2.05) is 11.9 Å². The molecule has 7 nitrogen and oxygen atoms in total. The molecule has 0 unspecified atom stereocenters. The number of ketones is 1. The van der Waals surface area contributed by atoms with Gasteiger partial charge in [-0.1, -0.05) is 19.1 Å². The van der Waals surface area contributed by atoms with Crippen LogP contribution in [0.5, 0.6) is 0 Å². The summed E-state index contributed by atoms with van der Waals surface area (Å²) >= 11 is 0. The van der Waals surface area contributed by atoms with Crippen molar-refractivity contribution in [3.8, 4) is 0 Å². The molecule has 3 atom stereocenters. The van der Waals surface area contributed by atoms with Gasteiger partial charge in [-0.05, 0) is 33.2 Å². The quantitative estimate of drug-likeness (QED) is 0.506. The number of Topliss-reactive ketones (excluding diaryl/α,β-unsaturated/α-hetero) is 1. The molecule has 0 radical (unpaired) electrons. The topological polar surface area (TPSA) is 93.1 Å². The molecule has 0 aliphatic carbocycles. The molecule has 0 aromatic heterocycles. The Balaban J connectivity index is 2.42. The SMILES string of the molecule is C/C=C1/C[C@@H](C)[C@](C)(O)C(=O)OC/C2=C/CN(C)CC[C@@H](OC1=O)C2=O. The van der Waals surface area contributed by atoms with Crippen molar-refractivity contribution in [2.75, 3.05) is 26.7 Å². The van der Waals surface area contributed by atoms with Crippen LogP contribution in [0.4, 0.5) is 0 Å². The summed E-state index contributed by atoms with van der Waals surface area (Å²) in [4.78, 5) is 39.7. The number of fused-ring (bicyclic) bond motifs is 2. The summed E-state index contributed by atoms with van der Waals surface area (Å²) in [5.74, 6) is -2.32. The van der Waals surface area contributed by atoms with Crippen molar-refractivity contribution in [3.63, 3.8) is 0 Å². The molecule has 144 valence electrons. The Morgan fingerprint density at radius 2 is 2.04 bits per heavy atom. The lowest BCUT2D eigenvalue weighted by atomic mass is 9.85. The summed E-state index contributed by atoms with van der Waals surface area (Å²) in [6, 6.07) is 0. The molecule has 0 saturated carbocycles. The molecule has 0 aromatic rings. The molecule has 2 heterocycles. The Hall–Kier alpha value is -1.99. The monoisotopic (exact) mass is 365 g/mol. The lowest BCUT2D eigenvalue weighted by molar-refractivity contribution is -0.169. The Morgan fingerprint density at radius 3 is 2.69 bits per heavy atom. The smallest absolute Gasteiger partial charge is 0.338 e. The summed E-state index contributed by atoms with van der Waals surface area (Å²) < 4.78 is 10.7.